The van der Waals surface area contributed by atoms with Gasteiger partial charge in [0, 0.05) is 44.8 Å². The van der Waals surface area contributed by atoms with E-state index in [1.165, 1.54) is 0 Å². The van der Waals surface area contributed by atoms with Crippen molar-refractivity contribution < 1.29 is 13.2 Å². The van der Waals surface area contributed by atoms with Gasteiger partial charge in [-0.2, -0.15) is 13.2 Å². The van der Waals surface area contributed by atoms with Crippen molar-refractivity contribution in [3.8, 4) is 0 Å². The number of pyridine rings is 1. The molecule has 1 saturated heterocycles. The molecule has 9 heteroatoms. The fourth-order valence-corrected chi connectivity index (χ4v) is 3.61. The molecule has 1 aliphatic rings. The molecule has 140 valence electrons. The number of aromatic nitrogens is 3. The van der Waals surface area contributed by atoms with Crippen molar-refractivity contribution >= 4 is 27.7 Å². The van der Waals surface area contributed by atoms with Crippen LogP contribution in [-0.2, 0) is 6.18 Å². The molecule has 0 bridgehead atoms. The van der Waals surface area contributed by atoms with Gasteiger partial charge in [0.2, 0.25) is 5.95 Å². The Kier molecular flexibility index (Phi) is 5.36. The molecule has 0 radical (unpaired) electrons. The Hall–Kier alpha value is -1.90. The Morgan fingerprint density at radius 2 is 1.73 bits per heavy atom. The Bertz CT molecular complexity index is 758. The minimum atomic E-state index is -4.39. The van der Waals surface area contributed by atoms with E-state index in [9.17, 15) is 13.2 Å². The maximum absolute atomic E-state index is 12.8. The van der Waals surface area contributed by atoms with Crippen molar-refractivity contribution in [2.24, 2.45) is 0 Å². The summed E-state index contributed by atoms with van der Waals surface area (Å²) in [7, 11) is 1.97. The fraction of sp³-hybridized carbons (Fsp3) is 0.471. The molecule has 0 aliphatic carbocycles. The van der Waals surface area contributed by atoms with E-state index in [1.807, 2.05) is 18.9 Å². The predicted molar refractivity (Wildman–Crippen MR) is 97.3 cm³/mol. The normalized spacial score (nSPS) is 16.0. The molecule has 2 aromatic heterocycles. The number of rotatable bonds is 3. The van der Waals surface area contributed by atoms with Crippen LogP contribution < -0.4 is 9.80 Å². The van der Waals surface area contributed by atoms with Crippen molar-refractivity contribution in [1.29, 1.82) is 0 Å². The van der Waals surface area contributed by atoms with Gasteiger partial charge in [0.05, 0.1) is 10.0 Å². The number of hydrogen-bond acceptors (Lipinski definition) is 5. The number of aryl methyl sites for hydroxylation is 1. The molecule has 3 heterocycles. The molecule has 0 unspecified atom stereocenters. The molecular formula is C17H19BrF3N5. The first-order valence-electron chi connectivity index (χ1n) is 8.25. The molecule has 0 N–H and O–H groups in total. The third-order valence-electron chi connectivity index (χ3n) is 4.54. The Morgan fingerprint density at radius 3 is 2.27 bits per heavy atom. The molecule has 2 aromatic rings. The van der Waals surface area contributed by atoms with Crippen molar-refractivity contribution in [2.75, 3.05) is 29.9 Å². The lowest BCUT2D eigenvalue weighted by molar-refractivity contribution is -0.137. The summed E-state index contributed by atoms with van der Waals surface area (Å²) in [4.78, 5) is 16.8. The summed E-state index contributed by atoms with van der Waals surface area (Å²) in [5, 5.41) is 0. The first kappa shape index (κ1) is 18.9. The van der Waals surface area contributed by atoms with Gasteiger partial charge in [-0.05, 0) is 47.3 Å². The third-order valence-corrected chi connectivity index (χ3v) is 5.13. The van der Waals surface area contributed by atoms with Crippen molar-refractivity contribution in [1.82, 2.24) is 15.0 Å². The summed E-state index contributed by atoms with van der Waals surface area (Å²) < 4.78 is 38.7. The Morgan fingerprint density at radius 1 is 1.12 bits per heavy atom. The molecule has 3 rings (SSSR count). The molecule has 1 aliphatic heterocycles. The highest BCUT2D eigenvalue weighted by Gasteiger charge is 2.32. The summed E-state index contributed by atoms with van der Waals surface area (Å²) in [5.41, 5.74) is 0.259. The van der Waals surface area contributed by atoms with Crippen LogP contribution in [0.15, 0.2) is 29.1 Å². The SMILES string of the molecule is Cc1cnc(N(C)C2CCN(c3ncc(C(F)(F)F)cc3Br)CC2)nc1. The van der Waals surface area contributed by atoms with E-state index in [2.05, 4.69) is 35.8 Å². The second-order valence-corrected chi connectivity index (χ2v) is 7.27. The fourth-order valence-electron chi connectivity index (χ4n) is 3.01. The maximum atomic E-state index is 12.8. The van der Waals surface area contributed by atoms with Crippen LogP contribution in [0, 0.1) is 6.92 Å². The lowest BCUT2D eigenvalue weighted by Crippen LogP contribution is -2.44. The smallest absolute Gasteiger partial charge is 0.356 e. The van der Waals surface area contributed by atoms with Crippen LogP contribution in [0.4, 0.5) is 24.9 Å². The average Bonchev–Trinajstić information content (AvgIpc) is 2.61. The summed E-state index contributed by atoms with van der Waals surface area (Å²) in [6.07, 6.45) is 1.77. The van der Waals surface area contributed by atoms with Gasteiger partial charge >= 0.3 is 6.18 Å². The van der Waals surface area contributed by atoms with Crippen molar-refractivity contribution in [3.05, 3.63) is 40.3 Å². The predicted octanol–water partition coefficient (Wildman–Crippen LogP) is 4.07. The van der Waals surface area contributed by atoms with Gasteiger partial charge < -0.3 is 9.80 Å². The lowest BCUT2D eigenvalue weighted by atomic mass is 10.0. The molecule has 26 heavy (non-hydrogen) atoms. The molecule has 1 fully saturated rings. The van der Waals surface area contributed by atoms with Crippen LogP contribution in [0.25, 0.3) is 0 Å². The third kappa shape index (κ3) is 4.08. The number of piperidine rings is 1. The Labute approximate surface area is 158 Å². The molecular weight excluding hydrogens is 411 g/mol. The van der Waals surface area contributed by atoms with Crippen LogP contribution in [0.3, 0.4) is 0 Å². The van der Waals surface area contributed by atoms with E-state index < -0.39 is 11.7 Å². The molecule has 5 nitrogen and oxygen atoms in total. The van der Waals surface area contributed by atoms with Gasteiger partial charge in [-0.25, -0.2) is 15.0 Å². The topological polar surface area (TPSA) is 45.2 Å². The second-order valence-electron chi connectivity index (χ2n) is 6.42. The summed E-state index contributed by atoms with van der Waals surface area (Å²) in [5.74, 6) is 1.23. The van der Waals surface area contributed by atoms with E-state index in [-0.39, 0.29) is 6.04 Å². The number of halogens is 4. The average molecular weight is 430 g/mol. The minimum absolute atomic E-state index is 0.280. The quantitative estimate of drug-likeness (QED) is 0.735. The largest absolute Gasteiger partial charge is 0.417 e. The van der Waals surface area contributed by atoms with E-state index in [1.54, 1.807) is 12.4 Å². The van der Waals surface area contributed by atoms with E-state index >= 15 is 0 Å². The van der Waals surface area contributed by atoms with Gasteiger partial charge in [-0.1, -0.05) is 0 Å². The first-order valence-corrected chi connectivity index (χ1v) is 9.04. The van der Waals surface area contributed by atoms with Crippen LogP contribution in [-0.4, -0.2) is 41.1 Å². The highest BCUT2D eigenvalue weighted by atomic mass is 79.9. The summed E-state index contributed by atoms with van der Waals surface area (Å²) in [6.45, 7) is 3.35. The molecule has 0 amide bonds. The van der Waals surface area contributed by atoms with Crippen molar-refractivity contribution in [2.45, 2.75) is 32.0 Å². The maximum Gasteiger partial charge on any atom is 0.417 e. The highest BCUT2D eigenvalue weighted by Crippen LogP contribution is 2.34. The van der Waals surface area contributed by atoms with Gasteiger partial charge in [0.1, 0.15) is 5.82 Å². The van der Waals surface area contributed by atoms with Gasteiger partial charge in [-0.15, -0.1) is 0 Å². The second kappa shape index (κ2) is 7.38. The van der Waals surface area contributed by atoms with Gasteiger partial charge in [-0.3, -0.25) is 0 Å². The zero-order valence-electron chi connectivity index (χ0n) is 14.5. The summed E-state index contributed by atoms with van der Waals surface area (Å²) >= 11 is 3.23. The number of alkyl halides is 3. The monoisotopic (exact) mass is 429 g/mol. The summed E-state index contributed by atoms with van der Waals surface area (Å²) in [6, 6.07) is 1.36. The minimum Gasteiger partial charge on any atom is -0.356 e. The van der Waals surface area contributed by atoms with Crippen molar-refractivity contribution in [3.63, 3.8) is 0 Å². The number of nitrogens with zero attached hydrogens (tertiary/aromatic N) is 5. The molecule has 0 saturated carbocycles. The first-order chi connectivity index (χ1) is 12.3. The number of hydrogen-bond donors (Lipinski definition) is 0. The van der Waals surface area contributed by atoms with Crippen LogP contribution in [0.1, 0.15) is 24.0 Å². The Balaban J connectivity index is 1.66. The zero-order valence-corrected chi connectivity index (χ0v) is 16.0. The van der Waals surface area contributed by atoms with E-state index in [0.717, 1.165) is 30.7 Å². The van der Waals surface area contributed by atoms with Crippen LogP contribution >= 0.6 is 15.9 Å². The van der Waals surface area contributed by atoms with Gasteiger partial charge in [0.15, 0.2) is 0 Å². The van der Waals surface area contributed by atoms with E-state index in [0.29, 0.717) is 29.3 Å². The molecule has 0 spiro atoms. The molecule has 0 atom stereocenters. The lowest BCUT2D eigenvalue weighted by Gasteiger charge is -2.37. The standard InChI is InChI=1S/C17H19BrF3N5/c1-11-8-23-16(24-9-11)25(2)13-3-5-26(6-4-13)15-14(18)7-12(10-22-15)17(19,20)21/h7-10,13H,3-6H2,1-2H3. The van der Waals surface area contributed by atoms with Crippen LogP contribution in [0.2, 0.25) is 0 Å². The highest BCUT2D eigenvalue weighted by molar-refractivity contribution is 9.10. The van der Waals surface area contributed by atoms with E-state index in [4.69, 9.17) is 0 Å². The number of anilines is 2. The van der Waals surface area contributed by atoms with Gasteiger partial charge in [0.25, 0.3) is 0 Å². The van der Waals surface area contributed by atoms with Crippen LogP contribution in [0.5, 0.6) is 0 Å². The molecule has 0 aromatic carbocycles. The zero-order chi connectivity index (χ0) is 18.9.